The molecule has 0 radical (unpaired) electrons. The lowest BCUT2D eigenvalue weighted by Gasteiger charge is -2.10. The standard InChI is InChI=1S/C14H19BrN2O2/c1-2-3-4-5-6-19-12-8-11-9(7-10(12)15)13(16)14(18)17-11/h7-8,13H,2-6,16H2,1H3,(H,17,18). The molecule has 1 amide bonds. The number of nitrogens with two attached hydrogens (primary N) is 1. The molecule has 1 heterocycles. The molecule has 4 nitrogen and oxygen atoms in total. The molecule has 0 bridgehead atoms. The summed E-state index contributed by atoms with van der Waals surface area (Å²) in [7, 11) is 0. The number of nitrogens with one attached hydrogen (secondary N) is 1. The van der Waals surface area contributed by atoms with Crippen LogP contribution in [0.4, 0.5) is 5.69 Å². The number of rotatable bonds is 6. The van der Waals surface area contributed by atoms with Crippen molar-refractivity contribution < 1.29 is 9.53 Å². The first-order valence-electron chi connectivity index (χ1n) is 6.66. The molecule has 104 valence electrons. The van der Waals surface area contributed by atoms with Gasteiger partial charge in [-0.2, -0.15) is 0 Å². The van der Waals surface area contributed by atoms with Gasteiger partial charge >= 0.3 is 0 Å². The highest BCUT2D eigenvalue weighted by atomic mass is 79.9. The number of fused-ring (bicyclic) bond motifs is 1. The molecule has 1 unspecified atom stereocenters. The van der Waals surface area contributed by atoms with E-state index >= 15 is 0 Å². The van der Waals surface area contributed by atoms with E-state index in [2.05, 4.69) is 28.2 Å². The number of hydrogen-bond donors (Lipinski definition) is 2. The lowest BCUT2D eigenvalue weighted by atomic mass is 10.1. The van der Waals surface area contributed by atoms with E-state index in [1.807, 2.05) is 12.1 Å². The van der Waals surface area contributed by atoms with E-state index in [0.717, 1.165) is 27.9 Å². The molecule has 0 saturated carbocycles. The van der Waals surface area contributed by atoms with Gasteiger partial charge in [-0.25, -0.2) is 0 Å². The van der Waals surface area contributed by atoms with E-state index in [9.17, 15) is 4.79 Å². The van der Waals surface area contributed by atoms with Gasteiger partial charge in [0.15, 0.2) is 0 Å². The quantitative estimate of drug-likeness (QED) is 0.788. The number of carbonyl (C=O) groups is 1. The van der Waals surface area contributed by atoms with Crippen molar-refractivity contribution in [2.24, 2.45) is 5.73 Å². The first-order chi connectivity index (χ1) is 9.13. The number of unbranched alkanes of at least 4 members (excludes halogenated alkanes) is 3. The van der Waals surface area contributed by atoms with E-state index in [1.54, 1.807) is 0 Å². The van der Waals surface area contributed by atoms with Crippen LogP contribution in [0.15, 0.2) is 16.6 Å². The van der Waals surface area contributed by atoms with Crippen LogP contribution in [-0.4, -0.2) is 12.5 Å². The third-order valence-corrected chi connectivity index (χ3v) is 3.85. The predicted molar refractivity (Wildman–Crippen MR) is 79.3 cm³/mol. The molecule has 1 aliphatic heterocycles. The Morgan fingerprint density at radius 1 is 1.37 bits per heavy atom. The van der Waals surface area contributed by atoms with Crippen molar-refractivity contribution in [2.45, 2.75) is 38.6 Å². The van der Waals surface area contributed by atoms with Crippen LogP contribution >= 0.6 is 15.9 Å². The van der Waals surface area contributed by atoms with Gasteiger partial charge in [0.05, 0.1) is 11.1 Å². The topological polar surface area (TPSA) is 64.3 Å². The summed E-state index contributed by atoms with van der Waals surface area (Å²) >= 11 is 3.46. The molecule has 0 aliphatic carbocycles. The Hall–Kier alpha value is -1.07. The Bertz CT molecular complexity index is 477. The number of anilines is 1. The number of hydrogen-bond acceptors (Lipinski definition) is 3. The summed E-state index contributed by atoms with van der Waals surface area (Å²) < 4.78 is 6.58. The van der Waals surface area contributed by atoms with Gasteiger partial charge in [-0.15, -0.1) is 0 Å². The summed E-state index contributed by atoms with van der Waals surface area (Å²) in [5.41, 5.74) is 7.36. The monoisotopic (exact) mass is 326 g/mol. The maximum absolute atomic E-state index is 11.5. The number of amides is 1. The molecule has 19 heavy (non-hydrogen) atoms. The second-order valence-electron chi connectivity index (χ2n) is 4.75. The summed E-state index contributed by atoms with van der Waals surface area (Å²) in [6, 6.07) is 3.12. The van der Waals surface area contributed by atoms with Crippen LogP contribution in [0.1, 0.15) is 44.2 Å². The average Bonchev–Trinajstić information content (AvgIpc) is 2.65. The third-order valence-electron chi connectivity index (χ3n) is 3.23. The summed E-state index contributed by atoms with van der Waals surface area (Å²) in [5.74, 6) is 0.589. The number of ether oxygens (including phenoxy) is 1. The van der Waals surface area contributed by atoms with Crippen molar-refractivity contribution in [3.8, 4) is 5.75 Å². The van der Waals surface area contributed by atoms with Crippen molar-refractivity contribution in [3.05, 3.63) is 22.2 Å². The number of carbonyl (C=O) groups excluding carboxylic acids is 1. The minimum atomic E-state index is -0.579. The van der Waals surface area contributed by atoms with Crippen LogP contribution in [0, 0.1) is 0 Å². The number of benzene rings is 1. The first-order valence-corrected chi connectivity index (χ1v) is 7.45. The van der Waals surface area contributed by atoms with Crippen LogP contribution in [0.3, 0.4) is 0 Å². The zero-order valence-corrected chi connectivity index (χ0v) is 12.6. The third kappa shape index (κ3) is 3.28. The summed E-state index contributed by atoms with van der Waals surface area (Å²) in [4.78, 5) is 11.5. The van der Waals surface area contributed by atoms with Gasteiger partial charge in [0.2, 0.25) is 5.91 Å². The molecule has 3 N–H and O–H groups in total. The molecule has 0 saturated heterocycles. The Balaban J connectivity index is 1.99. The van der Waals surface area contributed by atoms with E-state index in [4.69, 9.17) is 10.5 Å². The second-order valence-corrected chi connectivity index (χ2v) is 5.60. The highest BCUT2D eigenvalue weighted by Crippen LogP contribution is 2.37. The molecule has 1 aliphatic rings. The van der Waals surface area contributed by atoms with Crippen LogP contribution in [0.5, 0.6) is 5.75 Å². The predicted octanol–water partition coefficient (Wildman–Crippen LogP) is 3.36. The average molecular weight is 327 g/mol. The first kappa shape index (κ1) is 14.3. The lowest BCUT2D eigenvalue weighted by Crippen LogP contribution is -2.19. The molecule has 1 aromatic rings. The van der Waals surface area contributed by atoms with Crippen molar-refractivity contribution in [3.63, 3.8) is 0 Å². The van der Waals surface area contributed by atoms with Gasteiger partial charge in [-0.3, -0.25) is 4.79 Å². The van der Waals surface area contributed by atoms with E-state index in [0.29, 0.717) is 6.61 Å². The maximum atomic E-state index is 11.5. The Morgan fingerprint density at radius 2 is 2.16 bits per heavy atom. The lowest BCUT2D eigenvalue weighted by molar-refractivity contribution is -0.116. The molecule has 2 rings (SSSR count). The second kappa shape index (κ2) is 6.39. The minimum absolute atomic E-state index is 0.165. The van der Waals surface area contributed by atoms with E-state index < -0.39 is 6.04 Å². The summed E-state index contributed by atoms with van der Waals surface area (Å²) in [6.45, 7) is 2.88. The maximum Gasteiger partial charge on any atom is 0.245 e. The van der Waals surface area contributed by atoms with Crippen LogP contribution in [0.2, 0.25) is 0 Å². The van der Waals surface area contributed by atoms with Gasteiger partial charge < -0.3 is 15.8 Å². The zero-order valence-electron chi connectivity index (χ0n) is 11.0. The minimum Gasteiger partial charge on any atom is -0.492 e. The fourth-order valence-corrected chi connectivity index (χ4v) is 2.58. The summed E-state index contributed by atoms with van der Waals surface area (Å²) in [5, 5.41) is 2.76. The molecule has 0 aromatic heterocycles. The fourth-order valence-electron chi connectivity index (χ4n) is 2.11. The SMILES string of the molecule is CCCCCCOc1cc2c(cc1Br)C(N)C(=O)N2. The van der Waals surface area contributed by atoms with Crippen LogP contribution < -0.4 is 15.8 Å². The highest BCUT2D eigenvalue weighted by molar-refractivity contribution is 9.10. The smallest absolute Gasteiger partial charge is 0.245 e. The Kier molecular flexibility index (Phi) is 4.82. The Labute approximate surface area is 121 Å². The molecule has 5 heteroatoms. The van der Waals surface area contributed by atoms with Crippen LogP contribution in [0.25, 0.3) is 0 Å². The van der Waals surface area contributed by atoms with Gasteiger partial charge in [-0.05, 0) is 28.4 Å². The van der Waals surface area contributed by atoms with Gasteiger partial charge in [0.25, 0.3) is 0 Å². The van der Waals surface area contributed by atoms with E-state index in [-0.39, 0.29) is 5.91 Å². The van der Waals surface area contributed by atoms with E-state index in [1.165, 1.54) is 19.3 Å². The molecule has 1 atom stereocenters. The molecular weight excluding hydrogens is 308 g/mol. The number of halogens is 1. The van der Waals surface area contributed by atoms with Crippen molar-refractivity contribution in [1.82, 2.24) is 0 Å². The Morgan fingerprint density at radius 3 is 2.89 bits per heavy atom. The van der Waals surface area contributed by atoms with Gasteiger partial charge in [0, 0.05) is 17.3 Å². The highest BCUT2D eigenvalue weighted by Gasteiger charge is 2.28. The normalized spacial score (nSPS) is 17.2. The molecular formula is C14H19BrN2O2. The van der Waals surface area contributed by atoms with Crippen molar-refractivity contribution in [2.75, 3.05) is 11.9 Å². The van der Waals surface area contributed by atoms with Crippen molar-refractivity contribution >= 4 is 27.5 Å². The largest absolute Gasteiger partial charge is 0.492 e. The molecule has 1 aromatic carbocycles. The molecule has 0 fully saturated rings. The van der Waals surface area contributed by atoms with Crippen molar-refractivity contribution in [1.29, 1.82) is 0 Å². The zero-order chi connectivity index (χ0) is 13.8. The summed E-state index contributed by atoms with van der Waals surface area (Å²) in [6.07, 6.45) is 4.68. The molecule has 0 spiro atoms. The van der Waals surface area contributed by atoms with Gasteiger partial charge in [-0.1, -0.05) is 26.2 Å². The fraction of sp³-hybridized carbons (Fsp3) is 0.500. The van der Waals surface area contributed by atoms with Crippen LogP contribution in [-0.2, 0) is 4.79 Å². The van der Waals surface area contributed by atoms with Gasteiger partial charge in [0.1, 0.15) is 11.8 Å².